The van der Waals surface area contributed by atoms with Crippen molar-refractivity contribution < 1.29 is 4.74 Å². The van der Waals surface area contributed by atoms with E-state index < -0.39 is 0 Å². The molecule has 0 aliphatic heterocycles. The molecule has 2 rings (SSSR count). The van der Waals surface area contributed by atoms with Crippen molar-refractivity contribution >= 4 is 0 Å². The maximum Gasteiger partial charge on any atom is 0.0540 e. The van der Waals surface area contributed by atoms with Gasteiger partial charge in [0.1, 0.15) is 0 Å². The third-order valence-corrected chi connectivity index (χ3v) is 3.29. The summed E-state index contributed by atoms with van der Waals surface area (Å²) in [6, 6.07) is 0.495. The van der Waals surface area contributed by atoms with Gasteiger partial charge in [-0.25, -0.2) is 0 Å². The van der Waals surface area contributed by atoms with Gasteiger partial charge in [0.25, 0.3) is 0 Å². The van der Waals surface area contributed by atoms with E-state index in [1.54, 1.807) is 7.11 Å². The number of aryl methyl sites for hydroxylation is 1. The summed E-state index contributed by atoms with van der Waals surface area (Å²) in [5, 5.41) is 7.94. The number of hydrogen-bond donors (Lipinski definition) is 1. The zero-order chi connectivity index (χ0) is 11.4. The van der Waals surface area contributed by atoms with E-state index in [1.807, 2.05) is 17.9 Å². The molecule has 4 heteroatoms. The molecule has 0 saturated heterocycles. The van der Waals surface area contributed by atoms with Crippen LogP contribution in [0.2, 0.25) is 0 Å². The van der Waals surface area contributed by atoms with Crippen molar-refractivity contribution in [2.75, 3.05) is 20.3 Å². The first kappa shape index (κ1) is 11.6. The van der Waals surface area contributed by atoms with Crippen LogP contribution in [0.5, 0.6) is 0 Å². The standard InChI is InChI=1S/C12H21N3O/c1-15-12-6-3-5-11(10(12)9-14-15)13-7-4-8-16-2/h9,11,13H,3-8H2,1-2H3. The van der Waals surface area contributed by atoms with Crippen molar-refractivity contribution in [3.63, 3.8) is 0 Å². The molecule has 0 amide bonds. The highest BCUT2D eigenvalue weighted by Crippen LogP contribution is 2.28. The third kappa shape index (κ3) is 2.44. The first-order valence-electron chi connectivity index (χ1n) is 6.06. The van der Waals surface area contributed by atoms with Crippen molar-refractivity contribution in [1.82, 2.24) is 15.1 Å². The molecule has 0 saturated carbocycles. The fourth-order valence-corrected chi connectivity index (χ4v) is 2.41. The molecule has 1 N–H and O–H groups in total. The van der Waals surface area contributed by atoms with Crippen molar-refractivity contribution in [3.8, 4) is 0 Å². The van der Waals surface area contributed by atoms with Crippen LogP contribution >= 0.6 is 0 Å². The van der Waals surface area contributed by atoms with Crippen LogP contribution in [0.15, 0.2) is 6.20 Å². The average Bonchev–Trinajstić information content (AvgIpc) is 2.68. The number of fused-ring (bicyclic) bond motifs is 1. The maximum absolute atomic E-state index is 5.05. The molecule has 1 aliphatic carbocycles. The molecule has 1 atom stereocenters. The van der Waals surface area contributed by atoms with Crippen LogP contribution in [0.25, 0.3) is 0 Å². The summed E-state index contributed by atoms with van der Waals surface area (Å²) in [7, 11) is 3.78. The first-order valence-corrected chi connectivity index (χ1v) is 6.06. The molecule has 0 fully saturated rings. The summed E-state index contributed by atoms with van der Waals surface area (Å²) in [4.78, 5) is 0. The highest BCUT2D eigenvalue weighted by molar-refractivity contribution is 5.24. The van der Waals surface area contributed by atoms with Gasteiger partial charge in [-0.2, -0.15) is 5.10 Å². The number of ether oxygens (including phenoxy) is 1. The van der Waals surface area contributed by atoms with Gasteiger partial charge in [0.05, 0.1) is 6.20 Å². The molecule has 1 aromatic rings. The largest absolute Gasteiger partial charge is 0.385 e. The molecule has 0 bridgehead atoms. The minimum Gasteiger partial charge on any atom is -0.385 e. The lowest BCUT2D eigenvalue weighted by atomic mass is 9.93. The molecule has 1 aromatic heterocycles. The van der Waals surface area contributed by atoms with Gasteiger partial charge in [0.15, 0.2) is 0 Å². The van der Waals surface area contributed by atoms with Gasteiger partial charge in [0.2, 0.25) is 0 Å². The number of aromatic nitrogens is 2. The normalized spacial score (nSPS) is 19.8. The van der Waals surface area contributed by atoms with E-state index in [4.69, 9.17) is 4.74 Å². The second-order valence-corrected chi connectivity index (χ2v) is 4.42. The highest BCUT2D eigenvalue weighted by Gasteiger charge is 2.22. The van der Waals surface area contributed by atoms with Gasteiger partial charge in [-0.1, -0.05) is 0 Å². The first-order chi connectivity index (χ1) is 7.83. The summed E-state index contributed by atoms with van der Waals surface area (Å²) in [6.07, 6.45) is 6.74. The van der Waals surface area contributed by atoms with Gasteiger partial charge in [-0.05, 0) is 32.2 Å². The second-order valence-electron chi connectivity index (χ2n) is 4.42. The van der Waals surface area contributed by atoms with Crippen LogP contribution in [0.4, 0.5) is 0 Å². The summed E-state index contributed by atoms with van der Waals surface area (Å²) in [5.41, 5.74) is 2.79. The predicted octanol–water partition coefficient (Wildman–Crippen LogP) is 1.42. The fraction of sp³-hybridized carbons (Fsp3) is 0.750. The molecular formula is C12H21N3O. The predicted molar refractivity (Wildman–Crippen MR) is 63.4 cm³/mol. The molecule has 0 radical (unpaired) electrons. The van der Waals surface area contributed by atoms with Gasteiger partial charge in [-0.3, -0.25) is 4.68 Å². The lowest BCUT2D eigenvalue weighted by Gasteiger charge is -2.23. The minimum atomic E-state index is 0.495. The minimum absolute atomic E-state index is 0.495. The van der Waals surface area contributed by atoms with Crippen molar-refractivity contribution in [3.05, 3.63) is 17.5 Å². The van der Waals surface area contributed by atoms with Crippen LogP contribution in [-0.2, 0) is 18.2 Å². The lowest BCUT2D eigenvalue weighted by Crippen LogP contribution is -2.26. The summed E-state index contributed by atoms with van der Waals surface area (Å²) in [5.74, 6) is 0. The van der Waals surface area contributed by atoms with Crippen LogP contribution in [0, 0.1) is 0 Å². The Labute approximate surface area is 97.0 Å². The van der Waals surface area contributed by atoms with E-state index in [0.717, 1.165) is 19.6 Å². The highest BCUT2D eigenvalue weighted by atomic mass is 16.5. The monoisotopic (exact) mass is 223 g/mol. The van der Waals surface area contributed by atoms with Crippen molar-refractivity contribution in [2.24, 2.45) is 7.05 Å². The quantitative estimate of drug-likeness (QED) is 0.767. The van der Waals surface area contributed by atoms with E-state index >= 15 is 0 Å². The van der Waals surface area contributed by atoms with E-state index in [2.05, 4.69) is 10.4 Å². The molecule has 1 heterocycles. The van der Waals surface area contributed by atoms with Gasteiger partial charge < -0.3 is 10.1 Å². The smallest absolute Gasteiger partial charge is 0.0540 e. The zero-order valence-electron chi connectivity index (χ0n) is 10.2. The van der Waals surface area contributed by atoms with Crippen molar-refractivity contribution in [1.29, 1.82) is 0 Å². The Morgan fingerprint density at radius 2 is 2.50 bits per heavy atom. The molecule has 0 spiro atoms. The fourth-order valence-electron chi connectivity index (χ4n) is 2.41. The summed E-state index contributed by atoms with van der Waals surface area (Å²) < 4.78 is 7.06. The molecule has 1 unspecified atom stereocenters. The van der Waals surface area contributed by atoms with Crippen LogP contribution in [0.3, 0.4) is 0 Å². The van der Waals surface area contributed by atoms with E-state index in [9.17, 15) is 0 Å². The summed E-state index contributed by atoms with van der Waals surface area (Å²) >= 11 is 0. The Balaban J connectivity index is 1.91. The Morgan fingerprint density at radius 3 is 3.31 bits per heavy atom. The van der Waals surface area contributed by atoms with E-state index in [1.165, 1.54) is 30.5 Å². The Bertz CT molecular complexity index is 335. The van der Waals surface area contributed by atoms with Crippen LogP contribution in [-0.4, -0.2) is 30.0 Å². The number of hydrogen-bond acceptors (Lipinski definition) is 3. The van der Waals surface area contributed by atoms with Gasteiger partial charge >= 0.3 is 0 Å². The van der Waals surface area contributed by atoms with Gasteiger partial charge in [0, 0.05) is 38.1 Å². The third-order valence-electron chi connectivity index (χ3n) is 3.29. The summed E-state index contributed by atoms with van der Waals surface area (Å²) in [6.45, 7) is 1.85. The number of nitrogens with one attached hydrogen (secondary N) is 1. The SMILES string of the molecule is COCCCNC1CCCc2c1cnn2C. The Hall–Kier alpha value is -0.870. The molecule has 4 nitrogen and oxygen atoms in total. The zero-order valence-corrected chi connectivity index (χ0v) is 10.2. The second kappa shape index (κ2) is 5.46. The topological polar surface area (TPSA) is 39.1 Å². The van der Waals surface area contributed by atoms with Gasteiger partial charge in [-0.15, -0.1) is 0 Å². The maximum atomic E-state index is 5.05. The molecule has 90 valence electrons. The van der Waals surface area contributed by atoms with Crippen molar-refractivity contribution in [2.45, 2.75) is 31.7 Å². The van der Waals surface area contributed by atoms with E-state index in [-0.39, 0.29) is 0 Å². The number of methoxy groups -OCH3 is 1. The molecule has 16 heavy (non-hydrogen) atoms. The average molecular weight is 223 g/mol. The lowest BCUT2D eigenvalue weighted by molar-refractivity contribution is 0.192. The molecule has 0 aromatic carbocycles. The van der Waals surface area contributed by atoms with Crippen LogP contribution < -0.4 is 5.32 Å². The molecular weight excluding hydrogens is 202 g/mol. The van der Waals surface area contributed by atoms with Crippen LogP contribution in [0.1, 0.15) is 36.6 Å². The Kier molecular flexibility index (Phi) is 3.96. The number of nitrogens with zero attached hydrogens (tertiary/aromatic N) is 2. The molecule has 1 aliphatic rings. The Morgan fingerprint density at radius 1 is 1.62 bits per heavy atom. The van der Waals surface area contributed by atoms with E-state index in [0.29, 0.717) is 6.04 Å². The number of rotatable bonds is 5.